The topological polar surface area (TPSA) is 61.1 Å². The highest BCUT2D eigenvalue weighted by molar-refractivity contribution is 9.10. The Morgan fingerprint density at radius 1 is 1.67 bits per heavy atom. The zero-order valence-electron chi connectivity index (χ0n) is 8.20. The average Bonchev–Trinajstić information content (AvgIpc) is 2.18. The lowest BCUT2D eigenvalue weighted by Gasteiger charge is -2.08. The highest BCUT2D eigenvalue weighted by Crippen LogP contribution is 2.24. The molecule has 1 aromatic carbocycles. The van der Waals surface area contributed by atoms with E-state index < -0.39 is 11.9 Å². The number of hydrogen-bond donors (Lipinski definition) is 1. The molecule has 1 unspecified atom stereocenters. The number of hydrogen-bond acceptors (Lipinski definition) is 2. The van der Waals surface area contributed by atoms with E-state index in [1.807, 2.05) is 25.1 Å². The van der Waals surface area contributed by atoms with Crippen LogP contribution >= 0.6 is 15.9 Å². The van der Waals surface area contributed by atoms with Crippen molar-refractivity contribution in [1.82, 2.24) is 0 Å². The number of aliphatic carboxylic acids is 1. The van der Waals surface area contributed by atoms with Gasteiger partial charge in [0.2, 0.25) is 0 Å². The summed E-state index contributed by atoms with van der Waals surface area (Å²) in [4.78, 5) is 10.5. The lowest BCUT2D eigenvalue weighted by Crippen LogP contribution is -2.04. The van der Waals surface area contributed by atoms with Gasteiger partial charge >= 0.3 is 5.97 Å². The fourth-order valence-corrected chi connectivity index (χ4v) is 1.54. The Bertz CT molecular complexity index is 423. The van der Waals surface area contributed by atoms with E-state index in [1.165, 1.54) is 0 Å². The van der Waals surface area contributed by atoms with Gasteiger partial charge in [-0.1, -0.05) is 28.1 Å². The molecule has 4 heteroatoms. The Kier molecular flexibility index (Phi) is 3.87. The predicted molar refractivity (Wildman–Crippen MR) is 59.5 cm³/mol. The van der Waals surface area contributed by atoms with Gasteiger partial charge in [-0.3, -0.25) is 4.79 Å². The number of nitriles is 1. The molecule has 0 aliphatic rings. The summed E-state index contributed by atoms with van der Waals surface area (Å²) in [6.45, 7) is 1.91. The van der Waals surface area contributed by atoms with Gasteiger partial charge in [-0.2, -0.15) is 5.26 Å². The number of nitrogens with zero attached hydrogens (tertiary/aromatic N) is 1. The molecule has 0 fully saturated rings. The third kappa shape index (κ3) is 3.07. The van der Waals surface area contributed by atoms with Crippen LogP contribution in [0.3, 0.4) is 0 Å². The number of carbonyl (C=O) groups is 1. The minimum atomic E-state index is -0.956. The van der Waals surface area contributed by atoms with E-state index >= 15 is 0 Å². The van der Waals surface area contributed by atoms with Crippen molar-refractivity contribution >= 4 is 21.9 Å². The maximum Gasteiger partial charge on any atom is 0.305 e. The van der Waals surface area contributed by atoms with Crippen molar-refractivity contribution in [3.05, 3.63) is 33.8 Å². The summed E-state index contributed by atoms with van der Waals surface area (Å²) < 4.78 is 0.957. The summed E-state index contributed by atoms with van der Waals surface area (Å²) in [6, 6.07) is 7.44. The first-order chi connectivity index (χ1) is 7.04. The fraction of sp³-hybridized carbons (Fsp3) is 0.273. The van der Waals surface area contributed by atoms with Crippen LogP contribution in [-0.4, -0.2) is 11.1 Å². The average molecular weight is 268 g/mol. The highest BCUT2D eigenvalue weighted by Gasteiger charge is 2.15. The Morgan fingerprint density at radius 3 is 2.80 bits per heavy atom. The van der Waals surface area contributed by atoms with Crippen LogP contribution in [0.4, 0.5) is 0 Å². The maximum absolute atomic E-state index is 10.5. The van der Waals surface area contributed by atoms with Crippen LogP contribution in [0, 0.1) is 18.3 Å². The number of halogens is 1. The number of aryl methyl sites for hydroxylation is 1. The Morgan fingerprint density at radius 2 is 2.33 bits per heavy atom. The summed E-state index contributed by atoms with van der Waals surface area (Å²) in [5.41, 5.74) is 1.75. The zero-order chi connectivity index (χ0) is 11.4. The minimum absolute atomic E-state index is 0.155. The van der Waals surface area contributed by atoms with Crippen molar-refractivity contribution in [3.63, 3.8) is 0 Å². The van der Waals surface area contributed by atoms with Gasteiger partial charge in [0.15, 0.2) is 0 Å². The molecular formula is C11H10BrNO2. The molecule has 0 aliphatic heterocycles. The van der Waals surface area contributed by atoms with E-state index in [9.17, 15) is 4.79 Å². The Hall–Kier alpha value is -1.34. The normalized spacial score (nSPS) is 11.8. The summed E-state index contributed by atoms with van der Waals surface area (Å²) in [5, 5.41) is 17.5. The number of rotatable bonds is 3. The van der Waals surface area contributed by atoms with Crippen molar-refractivity contribution in [2.45, 2.75) is 19.3 Å². The van der Waals surface area contributed by atoms with E-state index in [1.54, 1.807) is 6.07 Å². The van der Waals surface area contributed by atoms with Gasteiger partial charge in [0.25, 0.3) is 0 Å². The van der Waals surface area contributed by atoms with Crippen molar-refractivity contribution in [3.8, 4) is 6.07 Å². The largest absolute Gasteiger partial charge is 0.481 e. The first-order valence-electron chi connectivity index (χ1n) is 4.42. The van der Waals surface area contributed by atoms with Gasteiger partial charge in [0.05, 0.1) is 18.4 Å². The number of benzene rings is 1. The lowest BCUT2D eigenvalue weighted by molar-refractivity contribution is -0.137. The molecular weight excluding hydrogens is 258 g/mol. The molecule has 0 radical (unpaired) electrons. The van der Waals surface area contributed by atoms with Crippen molar-refractivity contribution < 1.29 is 9.90 Å². The molecule has 0 aromatic heterocycles. The molecule has 1 atom stereocenters. The van der Waals surface area contributed by atoms with Crippen LogP contribution in [-0.2, 0) is 4.79 Å². The molecule has 1 N–H and O–H groups in total. The first kappa shape index (κ1) is 11.7. The molecule has 0 bridgehead atoms. The van der Waals surface area contributed by atoms with Gasteiger partial charge in [0.1, 0.15) is 0 Å². The van der Waals surface area contributed by atoms with E-state index in [-0.39, 0.29) is 6.42 Å². The standard InChI is InChI=1S/C11H10BrNO2/c1-7-4-8(2-3-10(7)12)9(6-13)5-11(14)15/h2-4,9H,5H2,1H3,(H,14,15). The Balaban J connectivity index is 2.98. The first-order valence-corrected chi connectivity index (χ1v) is 5.21. The van der Waals surface area contributed by atoms with E-state index in [4.69, 9.17) is 10.4 Å². The molecule has 0 spiro atoms. The molecule has 0 aliphatic carbocycles. The van der Waals surface area contributed by atoms with Crippen molar-refractivity contribution in [2.75, 3.05) is 0 Å². The Labute approximate surface area is 96.5 Å². The molecule has 0 saturated carbocycles. The second-order valence-corrected chi connectivity index (χ2v) is 4.14. The smallest absolute Gasteiger partial charge is 0.305 e. The number of carboxylic acid groups (broad SMARTS) is 1. The second-order valence-electron chi connectivity index (χ2n) is 3.29. The van der Waals surface area contributed by atoms with Crippen LogP contribution in [0.15, 0.2) is 22.7 Å². The van der Waals surface area contributed by atoms with Crippen LogP contribution in [0.1, 0.15) is 23.5 Å². The van der Waals surface area contributed by atoms with E-state index in [0.717, 1.165) is 15.6 Å². The maximum atomic E-state index is 10.5. The summed E-state index contributed by atoms with van der Waals surface area (Å²) in [7, 11) is 0. The van der Waals surface area contributed by atoms with Gasteiger partial charge in [-0.25, -0.2) is 0 Å². The summed E-state index contributed by atoms with van der Waals surface area (Å²) in [5.74, 6) is -1.53. The van der Waals surface area contributed by atoms with Gasteiger partial charge in [-0.05, 0) is 24.1 Å². The number of carboxylic acids is 1. The lowest BCUT2D eigenvalue weighted by atomic mass is 9.96. The molecule has 3 nitrogen and oxygen atoms in total. The van der Waals surface area contributed by atoms with Crippen molar-refractivity contribution in [2.24, 2.45) is 0 Å². The third-order valence-electron chi connectivity index (χ3n) is 2.12. The van der Waals surface area contributed by atoms with Gasteiger partial charge in [0, 0.05) is 4.47 Å². The molecule has 15 heavy (non-hydrogen) atoms. The molecule has 0 saturated heterocycles. The summed E-state index contributed by atoms with van der Waals surface area (Å²) >= 11 is 3.35. The molecule has 0 amide bonds. The highest BCUT2D eigenvalue weighted by atomic mass is 79.9. The zero-order valence-corrected chi connectivity index (χ0v) is 9.78. The predicted octanol–water partition coefficient (Wildman–Crippen LogP) is 2.84. The minimum Gasteiger partial charge on any atom is -0.481 e. The quantitative estimate of drug-likeness (QED) is 0.916. The summed E-state index contributed by atoms with van der Waals surface area (Å²) in [6.07, 6.45) is -0.155. The van der Waals surface area contributed by atoms with Crippen LogP contribution in [0.25, 0.3) is 0 Å². The van der Waals surface area contributed by atoms with Crippen molar-refractivity contribution in [1.29, 1.82) is 5.26 Å². The molecule has 1 aromatic rings. The van der Waals surface area contributed by atoms with E-state index in [0.29, 0.717) is 0 Å². The molecule has 0 heterocycles. The molecule has 1 rings (SSSR count). The monoisotopic (exact) mass is 267 g/mol. The fourth-order valence-electron chi connectivity index (χ4n) is 1.30. The van der Waals surface area contributed by atoms with Crippen LogP contribution in [0.5, 0.6) is 0 Å². The second kappa shape index (κ2) is 4.94. The van der Waals surface area contributed by atoms with E-state index in [2.05, 4.69) is 15.9 Å². The van der Waals surface area contributed by atoms with Crippen LogP contribution < -0.4 is 0 Å². The third-order valence-corrected chi connectivity index (χ3v) is 3.01. The SMILES string of the molecule is Cc1cc(C(C#N)CC(=O)O)ccc1Br. The van der Waals surface area contributed by atoms with Crippen LogP contribution in [0.2, 0.25) is 0 Å². The van der Waals surface area contributed by atoms with Gasteiger partial charge < -0.3 is 5.11 Å². The molecule has 78 valence electrons. The van der Waals surface area contributed by atoms with Gasteiger partial charge in [-0.15, -0.1) is 0 Å².